The van der Waals surface area contributed by atoms with E-state index in [4.69, 9.17) is 4.74 Å². The van der Waals surface area contributed by atoms with Gasteiger partial charge in [-0.25, -0.2) is 13.4 Å². The number of hydrogen-bond donors (Lipinski definition) is 1. The van der Waals surface area contributed by atoms with E-state index in [1.807, 2.05) is 19.9 Å². The molecule has 1 aliphatic heterocycles. The predicted molar refractivity (Wildman–Crippen MR) is 106 cm³/mol. The first-order valence-corrected chi connectivity index (χ1v) is 10.6. The average Bonchev–Trinajstić information content (AvgIpc) is 2.65. The normalized spacial score (nSPS) is 16.3. The van der Waals surface area contributed by atoms with Crippen molar-refractivity contribution in [2.24, 2.45) is 0 Å². The van der Waals surface area contributed by atoms with Crippen LogP contribution in [-0.2, 0) is 9.84 Å². The number of hydrogen-bond acceptors (Lipinski definition) is 6. The number of aryl methyl sites for hydroxylation is 2. The molecular weight excluding hydrogens is 362 g/mol. The maximum Gasteiger partial charge on any atom is 0.232 e. The molecule has 0 atom stereocenters. The Bertz CT molecular complexity index is 920. The van der Waals surface area contributed by atoms with Crippen LogP contribution >= 0.6 is 0 Å². The molecule has 0 bridgehead atoms. The second-order valence-corrected chi connectivity index (χ2v) is 9.14. The van der Waals surface area contributed by atoms with Crippen LogP contribution in [0, 0.1) is 13.8 Å². The van der Waals surface area contributed by atoms with E-state index in [1.165, 1.54) is 7.11 Å². The second kappa shape index (κ2) is 7.86. The molecule has 1 fully saturated rings. The van der Waals surface area contributed by atoms with Crippen LogP contribution < -0.4 is 10.1 Å². The van der Waals surface area contributed by atoms with Crippen molar-refractivity contribution >= 4 is 15.5 Å². The van der Waals surface area contributed by atoms with Crippen LogP contribution in [0.3, 0.4) is 0 Å². The molecule has 6 nitrogen and oxygen atoms in total. The fourth-order valence-electron chi connectivity index (χ4n) is 3.30. The van der Waals surface area contributed by atoms with Gasteiger partial charge < -0.3 is 15.0 Å². The van der Waals surface area contributed by atoms with Gasteiger partial charge in [-0.15, -0.1) is 0 Å². The number of benzene rings is 1. The molecule has 1 aromatic carbocycles. The number of ether oxygens (including phenoxy) is 1. The monoisotopic (exact) mass is 389 g/mol. The maximum atomic E-state index is 13.2. The van der Waals surface area contributed by atoms with Crippen molar-refractivity contribution in [3.05, 3.63) is 41.6 Å². The van der Waals surface area contributed by atoms with Gasteiger partial charge in [0.2, 0.25) is 15.7 Å². The van der Waals surface area contributed by atoms with Gasteiger partial charge in [0.1, 0.15) is 4.90 Å². The van der Waals surface area contributed by atoms with Crippen LogP contribution in [0.5, 0.6) is 5.88 Å². The van der Waals surface area contributed by atoms with Gasteiger partial charge in [-0.3, -0.25) is 0 Å². The topological polar surface area (TPSA) is 71.5 Å². The number of aromatic nitrogens is 1. The van der Waals surface area contributed by atoms with Crippen molar-refractivity contribution in [3.8, 4) is 5.88 Å². The van der Waals surface area contributed by atoms with Gasteiger partial charge in [0.25, 0.3) is 0 Å². The second-order valence-electron chi connectivity index (χ2n) is 7.22. The Labute approximate surface area is 161 Å². The minimum atomic E-state index is -3.73. The summed E-state index contributed by atoms with van der Waals surface area (Å²) in [6, 6.07) is 7.18. The third-order valence-electron chi connectivity index (χ3n) is 5.04. The summed E-state index contributed by atoms with van der Waals surface area (Å²) in [6.45, 7) is 5.89. The fraction of sp³-hybridized carbons (Fsp3) is 0.450. The van der Waals surface area contributed by atoms with Crippen LogP contribution in [0.4, 0.5) is 5.69 Å². The number of pyridine rings is 1. The zero-order valence-electron chi connectivity index (χ0n) is 16.3. The van der Waals surface area contributed by atoms with Crippen molar-refractivity contribution < 1.29 is 13.2 Å². The lowest BCUT2D eigenvalue weighted by Gasteiger charge is -2.30. The zero-order chi connectivity index (χ0) is 19.6. The molecule has 0 spiro atoms. The minimum Gasteiger partial charge on any atom is -0.480 e. The van der Waals surface area contributed by atoms with Crippen molar-refractivity contribution in [2.45, 2.75) is 42.5 Å². The lowest BCUT2D eigenvalue weighted by atomic mass is 10.0. The largest absolute Gasteiger partial charge is 0.480 e. The summed E-state index contributed by atoms with van der Waals surface area (Å²) < 4.78 is 31.6. The predicted octanol–water partition coefficient (Wildman–Crippen LogP) is 3.05. The van der Waals surface area contributed by atoms with E-state index in [2.05, 4.69) is 22.2 Å². The molecule has 2 heterocycles. The highest BCUT2D eigenvalue weighted by Gasteiger charge is 2.25. The van der Waals surface area contributed by atoms with Gasteiger partial charge >= 0.3 is 0 Å². The standard InChI is InChI=1S/C20H27N3O3S/c1-14-11-19(20(26-4)21-13-14)27(24,25)17-6-5-15(2)18(12-17)22-16-7-9-23(3)10-8-16/h5-6,11-13,16,22H,7-10H2,1-4H3. The number of likely N-dealkylation sites (tertiary alicyclic amines) is 1. The summed E-state index contributed by atoms with van der Waals surface area (Å²) in [4.78, 5) is 6.76. The Morgan fingerprint density at radius 2 is 1.89 bits per heavy atom. The summed E-state index contributed by atoms with van der Waals surface area (Å²) in [5.74, 6) is 0.117. The van der Waals surface area contributed by atoms with Crippen LogP contribution in [0.25, 0.3) is 0 Å². The van der Waals surface area contributed by atoms with E-state index in [0.717, 1.165) is 42.7 Å². The zero-order valence-corrected chi connectivity index (χ0v) is 17.1. The summed E-state index contributed by atoms with van der Waals surface area (Å²) in [5.41, 5.74) is 2.67. The Balaban J connectivity index is 1.94. The number of sulfone groups is 1. The molecular formula is C20H27N3O3S. The number of anilines is 1. The Morgan fingerprint density at radius 3 is 2.56 bits per heavy atom. The Morgan fingerprint density at radius 1 is 1.19 bits per heavy atom. The SMILES string of the molecule is COc1ncc(C)cc1S(=O)(=O)c1ccc(C)c(NC2CCN(C)CC2)c1. The van der Waals surface area contributed by atoms with E-state index < -0.39 is 9.84 Å². The molecule has 0 radical (unpaired) electrons. The van der Waals surface area contributed by atoms with Gasteiger partial charge in [0.15, 0.2) is 0 Å². The van der Waals surface area contributed by atoms with Crippen molar-refractivity contribution in [1.29, 1.82) is 0 Å². The highest BCUT2D eigenvalue weighted by atomic mass is 32.2. The van der Waals surface area contributed by atoms with Crippen LogP contribution in [0.1, 0.15) is 24.0 Å². The number of rotatable bonds is 5. The van der Waals surface area contributed by atoms with Crippen molar-refractivity contribution in [2.75, 3.05) is 32.6 Å². The molecule has 0 aliphatic carbocycles. The van der Waals surface area contributed by atoms with E-state index >= 15 is 0 Å². The third kappa shape index (κ3) is 4.25. The summed E-state index contributed by atoms with van der Waals surface area (Å²) >= 11 is 0. The summed E-state index contributed by atoms with van der Waals surface area (Å²) in [7, 11) is -0.176. The molecule has 1 N–H and O–H groups in total. The quantitative estimate of drug-likeness (QED) is 0.847. The molecule has 0 amide bonds. The Hall–Kier alpha value is -2.12. The van der Waals surface area contributed by atoms with Crippen LogP contribution in [0.2, 0.25) is 0 Å². The molecule has 1 saturated heterocycles. The van der Waals surface area contributed by atoms with Gasteiger partial charge in [0, 0.05) is 17.9 Å². The lowest BCUT2D eigenvalue weighted by molar-refractivity contribution is 0.264. The van der Waals surface area contributed by atoms with Gasteiger partial charge in [-0.05, 0) is 76.2 Å². The van der Waals surface area contributed by atoms with E-state index in [9.17, 15) is 8.42 Å². The third-order valence-corrected chi connectivity index (χ3v) is 6.78. The number of nitrogens with zero attached hydrogens (tertiary/aromatic N) is 2. The first-order chi connectivity index (χ1) is 12.8. The van der Waals surface area contributed by atoms with Gasteiger partial charge in [0.05, 0.1) is 12.0 Å². The van der Waals surface area contributed by atoms with Gasteiger partial charge in [-0.2, -0.15) is 0 Å². The summed E-state index contributed by atoms with van der Waals surface area (Å²) in [6.07, 6.45) is 3.69. The number of methoxy groups -OCH3 is 1. The summed E-state index contributed by atoms with van der Waals surface area (Å²) in [5, 5.41) is 3.54. The van der Waals surface area contributed by atoms with E-state index in [-0.39, 0.29) is 15.7 Å². The first kappa shape index (κ1) is 19.6. The molecule has 146 valence electrons. The average molecular weight is 390 g/mol. The molecule has 1 aliphatic rings. The molecule has 0 saturated carbocycles. The fourth-order valence-corrected chi connectivity index (χ4v) is 4.78. The molecule has 1 aromatic heterocycles. The number of nitrogens with one attached hydrogen (secondary N) is 1. The molecule has 27 heavy (non-hydrogen) atoms. The first-order valence-electron chi connectivity index (χ1n) is 9.12. The Kier molecular flexibility index (Phi) is 5.72. The molecule has 3 rings (SSSR count). The van der Waals surface area contributed by atoms with Gasteiger partial charge in [-0.1, -0.05) is 6.07 Å². The van der Waals surface area contributed by atoms with Crippen molar-refractivity contribution in [3.63, 3.8) is 0 Å². The van der Waals surface area contributed by atoms with Crippen molar-refractivity contribution in [1.82, 2.24) is 9.88 Å². The van der Waals surface area contributed by atoms with E-state index in [1.54, 1.807) is 24.4 Å². The molecule has 7 heteroatoms. The van der Waals surface area contributed by atoms with Crippen LogP contribution in [-0.4, -0.2) is 51.6 Å². The smallest absolute Gasteiger partial charge is 0.232 e. The maximum absolute atomic E-state index is 13.2. The highest BCUT2D eigenvalue weighted by Crippen LogP contribution is 2.31. The van der Waals surface area contributed by atoms with Crippen LogP contribution in [0.15, 0.2) is 40.3 Å². The molecule has 2 aromatic rings. The van der Waals surface area contributed by atoms with E-state index in [0.29, 0.717) is 6.04 Å². The lowest BCUT2D eigenvalue weighted by Crippen LogP contribution is -2.36. The molecule has 0 unspecified atom stereocenters. The minimum absolute atomic E-state index is 0.0964. The number of piperidine rings is 1. The highest BCUT2D eigenvalue weighted by molar-refractivity contribution is 7.91.